The lowest BCUT2D eigenvalue weighted by Gasteiger charge is -2.04. The highest BCUT2D eigenvalue weighted by Crippen LogP contribution is 2.26. The molecule has 0 saturated carbocycles. The third-order valence-electron chi connectivity index (χ3n) is 3.04. The largest absolute Gasteiger partial charge is 0.298 e. The number of aromatic nitrogens is 2. The molecule has 0 N–H and O–H groups in total. The number of hydrogen-bond donors (Lipinski definition) is 0. The van der Waals surface area contributed by atoms with E-state index in [-0.39, 0.29) is 0 Å². The van der Waals surface area contributed by atoms with Crippen molar-refractivity contribution in [1.29, 1.82) is 0 Å². The van der Waals surface area contributed by atoms with E-state index < -0.39 is 0 Å². The quantitative estimate of drug-likeness (QED) is 0.689. The van der Waals surface area contributed by atoms with Crippen LogP contribution in [0.15, 0.2) is 53.1 Å². The topological polar surface area (TPSA) is 17.3 Å². The van der Waals surface area contributed by atoms with Crippen molar-refractivity contribution in [3.05, 3.63) is 58.8 Å². The van der Waals surface area contributed by atoms with Crippen LogP contribution >= 0.6 is 15.9 Å². The molecule has 3 heteroatoms. The van der Waals surface area contributed by atoms with Crippen molar-refractivity contribution in [2.75, 3.05) is 0 Å². The maximum atomic E-state index is 4.69. The predicted octanol–water partition coefficient (Wildman–Crippen LogP) is 4.33. The van der Waals surface area contributed by atoms with Crippen molar-refractivity contribution in [3.8, 4) is 11.3 Å². The van der Waals surface area contributed by atoms with Gasteiger partial charge in [-0.2, -0.15) is 0 Å². The summed E-state index contributed by atoms with van der Waals surface area (Å²) in [5.74, 6) is 0. The van der Waals surface area contributed by atoms with Gasteiger partial charge in [0.25, 0.3) is 0 Å². The summed E-state index contributed by atoms with van der Waals surface area (Å²) in [6.07, 6.45) is 3.01. The summed E-state index contributed by atoms with van der Waals surface area (Å²) >= 11 is 3.52. The molecule has 3 aromatic rings. The summed E-state index contributed by atoms with van der Waals surface area (Å²) < 4.78 is 3.21. The minimum Gasteiger partial charge on any atom is -0.298 e. The first-order chi connectivity index (χ1) is 8.79. The maximum absolute atomic E-state index is 4.69. The summed E-state index contributed by atoms with van der Waals surface area (Å²) in [6.45, 7) is 2.14. The summed E-state index contributed by atoms with van der Waals surface area (Å²) in [5.41, 5.74) is 4.53. The standard InChI is InChI=1S/C15H13BrN2/c1-2-13-15(11-6-4-3-5-7-11)18-10-12(16)8-9-14(18)17-13/h3-10H,2H2,1H3. The van der Waals surface area contributed by atoms with Crippen molar-refractivity contribution in [2.24, 2.45) is 0 Å². The van der Waals surface area contributed by atoms with E-state index in [1.807, 2.05) is 18.2 Å². The molecule has 0 radical (unpaired) electrons. The Kier molecular flexibility index (Phi) is 2.92. The Labute approximate surface area is 114 Å². The van der Waals surface area contributed by atoms with Crippen molar-refractivity contribution >= 4 is 21.6 Å². The van der Waals surface area contributed by atoms with Crippen LogP contribution in [0.25, 0.3) is 16.9 Å². The number of nitrogens with zero attached hydrogens (tertiary/aromatic N) is 2. The molecule has 0 saturated heterocycles. The molecule has 0 aliphatic rings. The van der Waals surface area contributed by atoms with Gasteiger partial charge < -0.3 is 0 Å². The first-order valence-electron chi connectivity index (χ1n) is 6.01. The Morgan fingerprint density at radius 1 is 1.11 bits per heavy atom. The fourth-order valence-corrected chi connectivity index (χ4v) is 2.55. The van der Waals surface area contributed by atoms with Crippen LogP contribution in [0.3, 0.4) is 0 Å². The van der Waals surface area contributed by atoms with Gasteiger partial charge in [-0.25, -0.2) is 4.98 Å². The Bertz CT molecular complexity index is 686. The monoisotopic (exact) mass is 300 g/mol. The second-order valence-electron chi connectivity index (χ2n) is 4.20. The van der Waals surface area contributed by atoms with Crippen LogP contribution in [0.1, 0.15) is 12.6 Å². The van der Waals surface area contributed by atoms with Gasteiger partial charge in [-0.15, -0.1) is 0 Å². The number of rotatable bonds is 2. The number of hydrogen-bond acceptors (Lipinski definition) is 1. The fourth-order valence-electron chi connectivity index (χ4n) is 2.22. The van der Waals surface area contributed by atoms with Gasteiger partial charge in [0.2, 0.25) is 0 Å². The number of aryl methyl sites for hydroxylation is 1. The van der Waals surface area contributed by atoms with Crippen molar-refractivity contribution in [3.63, 3.8) is 0 Å². The Hall–Kier alpha value is -1.61. The summed E-state index contributed by atoms with van der Waals surface area (Å²) in [7, 11) is 0. The number of imidazole rings is 1. The molecule has 3 rings (SSSR count). The third kappa shape index (κ3) is 1.85. The van der Waals surface area contributed by atoms with E-state index in [1.165, 1.54) is 11.3 Å². The van der Waals surface area contributed by atoms with Crippen LogP contribution in [-0.2, 0) is 6.42 Å². The zero-order valence-corrected chi connectivity index (χ0v) is 11.7. The zero-order chi connectivity index (χ0) is 12.5. The van der Waals surface area contributed by atoms with Gasteiger partial charge in [0.1, 0.15) is 5.65 Å². The average Bonchev–Trinajstić information content (AvgIpc) is 2.77. The van der Waals surface area contributed by atoms with Crippen LogP contribution in [0, 0.1) is 0 Å². The van der Waals surface area contributed by atoms with Gasteiger partial charge in [-0.05, 0) is 34.5 Å². The van der Waals surface area contributed by atoms with E-state index >= 15 is 0 Å². The minimum absolute atomic E-state index is 0.934. The smallest absolute Gasteiger partial charge is 0.137 e. The molecule has 0 aliphatic heterocycles. The fraction of sp³-hybridized carbons (Fsp3) is 0.133. The highest BCUT2D eigenvalue weighted by Gasteiger charge is 2.12. The number of benzene rings is 1. The SMILES string of the molecule is CCc1nc2ccc(Br)cn2c1-c1ccccc1. The molecule has 2 nitrogen and oxygen atoms in total. The second kappa shape index (κ2) is 4.58. The van der Waals surface area contributed by atoms with E-state index in [1.54, 1.807) is 0 Å². The Morgan fingerprint density at radius 2 is 1.89 bits per heavy atom. The third-order valence-corrected chi connectivity index (χ3v) is 3.51. The lowest BCUT2D eigenvalue weighted by atomic mass is 10.1. The molecule has 0 spiro atoms. The lowest BCUT2D eigenvalue weighted by molar-refractivity contribution is 1.07. The maximum Gasteiger partial charge on any atom is 0.137 e. The molecule has 0 amide bonds. The van der Waals surface area contributed by atoms with E-state index in [9.17, 15) is 0 Å². The van der Waals surface area contributed by atoms with E-state index in [0.29, 0.717) is 0 Å². The molecule has 0 fully saturated rings. The molecular formula is C15H13BrN2. The van der Waals surface area contributed by atoms with E-state index in [4.69, 9.17) is 4.98 Å². The van der Waals surface area contributed by atoms with E-state index in [2.05, 4.69) is 57.7 Å². The number of fused-ring (bicyclic) bond motifs is 1. The summed E-state index contributed by atoms with van der Waals surface area (Å²) in [5, 5.41) is 0. The van der Waals surface area contributed by atoms with Gasteiger partial charge in [-0.1, -0.05) is 37.3 Å². The summed E-state index contributed by atoms with van der Waals surface area (Å²) in [6, 6.07) is 14.5. The van der Waals surface area contributed by atoms with Crippen LogP contribution in [0.2, 0.25) is 0 Å². The van der Waals surface area contributed by atoms with Crippen molar-refractivity contribution in [1.82, 2.24) is 9.38 Å². The van der Waals surface area contributed by atoms with E-state index in [0.717, 1.165) is 22.2 Å². The number of pyridine rings is 1. The predicted molar refractivity (Wildman–Crippen MR) is 77.7 cm³/mol. The molecule has 18 heavy (non-hydrogen) atoms. The van der Waals surface area contributed by atoms with Crippen LogP contribution in [0.4, 0.5) is 0 Å². The Morgan fingerprint density at radius 3 is 2.61 bits per heavy atom. The molecule has 1 aromatic carbocycles. The highest BCUT2D eigenvalue weighted by atomic mass is 79.9. The van der Waals surface area contributed by atoms with Crippen LogP contribution < -0.4 is 0 Å². The van der Waals surface area contributed by atoms with Crippen molar-refractivity contribution < 1.29 is 0 Å². The summed E-state index contributed by atoms with van der Waals surface area (Å²) in [4.78, 5) is 4.69. The highest BCUT2D eigenvalue weighted by molar-refractivity contribution is 9.10. The van der Waals surface area contributed by atoms with Crippen molar-refractivity contribution in [2.45, 2.75) is 13.3 Å². The molecule has 90 valence electrons. The molecule has 2 heterocycles. The molecule has 0 aliphatic carbocycles. The van der Waals surface area contributed by atoms with Gasteiger partial charge in [0, 0.05) is 16.2 Å². The molecule has 0 bridgehead atoms. The second-order valence-corrected chi connectivity index (χ2v) is 5.12. The van der Waals surface area contributed by atoms with Gasteiger partial charge in [-0.3, -0.25) is 4.40 Å². The van der Waals surface area contributed by atoms with Crippen LogP contribution in [0.5, 0.6) is 0 Å². The Balaban J connectivity index is 2.35. The molecular weight excluding hydrogens is 288 g/mol. The first kappa shape index (κ1) is 11.5. The molecule has 2 aromatic heterocycles. The first-order valence-corrected chi connectivity index (χ1v) is 6.81. The molecule has 0 atom stereocenters. The number of halogens is 1. The molecule has 0 unspecified atom stereocenters. The van der Waals surface area contributed by atoms with Gasteiger partial charge >= 0.3 is 0 Å². The van der Waals surface area contributed by atoms with Gasteiger partial charge in [0.05, 0.1) is 11.4 Å². The normalized spacial score (nSPS) is 11.0. The zero-order valence-electron chi connectivity index (χ0n) is 10.1. The lowest BCUT2D eigenvalue weighted by Crippen LogP contribution is -1.90. The average molecular weight is 301 g/mol. The van der Waals surface area contributed by atoms with Crippen LogP contribution in [-0.4, -0.2) is 9.38 Å². The van der Waals surface area contributed by atoms with Gasteiger partial charge in [0.15, 0.2) is 0 Å². The minimum atomic E-state index is 0.934.